The molecule has 1 aliphatic rings. The Morgan fingerprint density at radius 1 is 1.38 bits per heavy atom. The van der Waals surface area contributed by atoms with Crippen LogP contribution in [0.25, 0.3) is 0 Å². The van der Waals surface area contributed by atoms with Crippen LogP contribution in [0.2, 0.25) is 0 Å². The van der Waals surface area contributed by atoms with Gasteiger partial charge in [-0.15, -0.1) is 0 Å². The molecule has 1 fully saturated rings. The van der Waals surface area contributed by atoms with Crippen molar-refractivity contribution in [2.75, 3.05) is 35.3 Å². The lowest BCUT2D eigenvalue weighted by molar-refractivity contribution is 0.678. The number of hydrogen-bond acceptors (Lipinski definition) is 5. The average Bonchev–Trinajstić information content (AvgIpc) is 2.99. The number of thioether (sulfide) groups is 1. The van der Waals surface area contributed by atoms with Crippen LogP contribution in [-0.4, -0.2) is 41.1 Å². The molecule has 21 heavy (non-hydrogen) atoms. The van der Waals surface area contributed by atoms with Gasteiger partial charge < -0.3 is 10.2 Å². The molecule has 0 aliphatic carbocycles. The average molecular weight is 308 g/mol. The largest absolute Gasteiger partial charge is 0.370 e. The lowest BCUT2D eigenvalue weighted by atomic mass is 10.1. The van der Waals surface area contributed by atoms with Crippen molar-refractivity contribution in [2.24, 2.45) is 0 Å². The van der Waals surface area contributed by atoms with Crippen LogP contribution < -0.4 is 10.2 Å². The van der Waals surface area contributed by atoms with Gasteiger partial charge in [-0.3, -0.25) is 0 Å². The summed E-state index contributed by atoms with van der Waals surface area (Å²) >= 11 is 2.04. The third kappa shape index (κ3) is 3.82. The minimum absolute atomic E-state index is 0.345. The van der Waals surface area contributed by atoms with Gasteiger partial charge in [0.1, 0.15) is 17.5 Å². The Kier molecular flexibility index (Phi) is 5.73. The number of nitrogens with one attached hydrogen (secondary N) is 1. The van der Waals surface area contributed by atoms with E-state index in [1.54, 1.807) is 0 Å². The van der Waals surface area contributed by atoms with Crippen molar-refractivity contribution in [1.82, 2.24) is 9.97 Å². The lowest BCUT2D eigenvalue weighted by Gasteiger charge is -2.28. The Hall–Kier alpha value is -0.970. The molecule has 1 aliphatic heterocycles. The van der Waals surface area contributed by atoms with Gasteiger partial charge in [0.05, 0.1) is 0 Å². The standard InChI is InChI=1S/C16H28N4S/c1-6-8-17-15-12(4)16(19-14(18-15)11(2)3)20(5)13-7-9-21-10-13/h11,13H,6-10H2,1-5H3,(H,17,18,19). The Balaban J connectivity index is 2.34. The first kappa shape index (κ1) is 16.4. The molecule has 1 N–H and O–H groups in total. The van der Waals surface area contributed by atoms with Gasteiger partial charge >= 0.3 is 0 Å². The van der Waals surface area contributed by atoms with Gasteiger partial charge in [-0.25, -0.2) is 9.97 Å². The second kappa shape index (κ2) is 7.34. The first-order valence-corrected chi connectivity index (χ1v) is 9.13. The predicted octanol–water partition coefficient (Wildman–Crippen LogP) is 3.67. The van der Waals surface area contributed by atoms with Crippen molar-refractivity contribution < 1.29 is 0 Å². The molecule has 0 spiro atoms. The normalized spacial score (nSPS) is 18.3. The van der Waals surface area contributed by atoms with E-state index in [1.165, 1.54) is 23.5 Å². The summed E-state index contributed by atoms with van der Waals surface area (Å²) in [4.78, 5) is 11.9. The van der Waals surface area contributed by atoms with Crippen LogP contribution in [0, 0.1) is 6.92 Å². The van der Waals surface area contributed by atoms with E-state index in [1.807, 2.05) is 11.8 Å². The fraction of sp³-hybridized carbons (Fsp3) is 0.750. The van der Waals surface area contributed by atoms with E-state index >= 15 is 0 Å². The Bertz CT molecular complexity index is 470. The van der Waals surface area contributed by atoms with Gasteiger partial charge in [0.2, 0.25) is 0 Å². The molecule has 2 rings (SSSR count). The smallest absolute Gasteiger partial charge is 0.137 e. The van der Waals surface area contributed by atoms with Crippen molar-refractivity contribution in [2.45, 2.75) is 52.5 Å². The minimum Gasteiger partial charge on any atom is -0.370 e. The van der Waals surface area contributed by atoms with Crippen LogP contribution in [-0.2, 0) is 0 Å². The number of aromatic nitrogens is 2. The zero-order valence-electron chi connectivity index (χ0n) is 13.9. The summed E-state index contributed by atoms with van der Waals surface area (Å²) in [6, 6.07) is 0.600. The number of rotatable bonds is 6. The molecule has 0 saturated carbocycles. The van der Waals surface area contributed by atoms with E-state index in [-0.39, 0.29) is 0 Å². The molecule has 0 radical (unpaired) electrons. The summed E-state index contributed by atoms with van der Waals surface area (Å²) in [5, 5.41) is 3.46. The maximum absolute atomic E-state index is 4.85. The molecule has 1 atom stereocenters. The van der Waals surface area contributed by atoms with Crippen molar-refractivity contribution in [3.8, 4) is 0 Å². The summed E-state index contributed by atoms with van der Waals surface area (Å²) in [6.07, 6.45) is 2.35. The number of nitrogens with zero attached hydrogens (tertiary/aromatic N) is 3. The van der Waals surface area contributed by atoms with Crippen LogP contribution in [0.4, 0.5) is 11.6 Å². The first-order chi connectivity index (χ1) is 10.0. The fourth-order valence-electron chi connectivity index (χ4n) is 2.54. The van der Waals surface area contributed by atoms with E-state index in [4.69, 9.17) is 9.97 Å². The van der Waals surface area contributed by atoms with Crippen LogP contribution in [0.5, 0.6) is 0 Å². The topological polar surface area (TPSA) is 41.1 Å². The highest BCUT2D eigenvalue weighted by atomic mass is 32.2. The molecule has 1 aromatic rings. The molecular weight excluding hydrogens is 280 g/mol. The zero-order valence-corrected chi connectivity index (χ0v) is 14.8. The van der Waals surface area contributed by atoms with E-state index < -0.39 is 0 Å². The molecule has 0 amide bonds. The van der Waals surface area contributed by atoms with Crippen LogP contribution in [0.15, 0.2) is 0 Å². The first-order valence-electron chi connectivity index (χ1n) is 7.97. The molecule has 4 nitrogen and oxygen atoms in total. The zero-order chi connectivity index (χ0) is 15.4. The lowest BCUT2D eigenvalue weighted by Crippen LogP contribution is -2.33. The quantitative estimate of drug-likeness (QED) is 0.868. The maximum Gasteiger partial charge on any atom is 0.137 e. The number of anilines is 2. The summed E-state index contributed by atoms with van der Waals surface area (Å²) in [5.41, 5.74) is 1.17. The molecule has 118 valence electrons. The van der Waals surface area contributed by atoms with Gasteiger partial charge in [0.25, 0.3) is 0 Å². The Labute approximate surface area is 133 Å². The summed E-state index contributed by atoms with van der Waals surface area (Å²) in [6.45, 7) is 9.58. The summed E-state index contributed by atoms with van der Waals surface area (Å²) in [5.74, 6) is 5.85. The van der Waals surface area contributed by atoms with Gasteiger partial charge in [0, 0.05) is 36.9 Å². The summed E-state index contributed by atoms with van der Waals surface area (Å²) < 4.78 is 0. The molecule has 2 heterocycles. The molecule has 1 saturated heterocycles. The third-order valence-electron chi connectivity index (χ3n) is 3.98. The molecule has 1 unspecified atom stereocenters. The second-order valence-corrected chi connectivity index (χ2v) is 7.24. The van der Waals surface area contributed by atoms with Crippen LogP contribution in [0.1, 0.15) is 50.9 Å². The molecule has 0 bridgehead atoms. The van der Waals surface area contributed by atoms with Gasteiger partial charge in [0.15, 0.2) is 0 Å². The number of hydrogen-bond donors (Lipinski definition) is 1. The van der Waals surface area contributed by atoms with Crippen molar-refractivity contribution in [3.05, 3.63) is 11.4 Å². The minimum atomic E-state index is 0.345. The highest BCUT2D eigenvalue weighted by Gasteiger charge is 2.24. The Morgan fingerprint density at radius 2 is 2.14 bits per heavy atom. The van der Waals surface area contributed by atoms with Crippen molar-refractivity contribution >= 4 is 23.4 Å². The van der Waals surface area contributed by atoms with Gasteiger partial charge in [-0.2, -0.15) is 11.8 Å². The molecule has 0 aromatic carbocycles. The fourth-order valence-corrected chi connectivity index (χ4v) is 3.81. The van der Waals surface area contributed by atoms with Crippen molar-refractivity contribution in [1.29, 1.82) is 0 Å². The highest BCUT2D eigenvalue weighted by molar-refractivity contribution is 7.99. The second-order valence-electron chi connectivity index (χ2n) is 6.09. The van der Waals surface area contributed by atoms with E-state index in [0.29, 0.717) is 12.0 Å². The Morgan fingerprint density at radius 3 is 2.71 bits per heavy atom. The SMILES string of the molecule is CCCNc1nc(C(C)C)nc(N(C)C2CCSC2)c1C. The van der Waals surface area contributed by atoms with Crippen LogP contribution >= 0.6 is 11.8 Å². The van der Waals surface area contributed by atoms with E-state index in [0.717, 1.165) is 30.4 Å². The van der Waals surface area contributed by atoms with Gasteiger partial charge in [-0.05, 0) is 25.5 Å². The monoisotopic (exact) mass is 308 g/mol. The van der Waals surface area contributed by atoms with E-state index in [2.05, 4.69) is 45.0 Å². The molecule has 5 heteroatoms. The van der Waals surface area contributed by atoms with Crippen molar-refractivity contribution in [3.63, 3.8) is 0 Å². The van der Waals surface area contributed by atoms with E-state index in [9.17, 15) is 0 Å². The summed E-state index contributed by atoms with van der Waals surface area (Å²) in [7, 11) is 2.18. The van der Waals surface area contributed by atoms with Gasteiger partial charge in [-0.1, -0.05) is 20.8 Å². The molecular formula is C16H28N4S. The van der Waals surface area contributed by atoms with Crippen LogP contribution in [0.3, 0.4) is 0 Å². The third-order valence-corrected chi connectivity index (χ3v) is 5.13. The predicted molar refractivity (Wildman–Crippen MR) is 93.8 cm³/mol. The molecule has 1 aromatic heterocycles. The highest BCUT2D eigenvalue weighted by Crippen LogP contribution is 2.30. The maximum atomic E-state index is 4.85.